The van der Waals surface area contributed by atoms with Gasteiger partial charge in [0, 0.05) is 31.2 Å². The average molecular weight is 393 g/mol. The zero-order chi connectivity index (χ0) is 17.2. The highest BCUT2D eigenvalue weighted by atomic mass is 79.9. The zero-order valence-corrected chi connectivity index (χ0v) is 15.1. The Kier molecular flexibility index (Phi) is 7.74. The number of methoxy groups -OCH3 is 1. The molecule has 128 valence electrons. The third-order valence-corrected chi connectivity index (χ3v) is 3.72. The van der Waals surface area contributed by atoms with Crippen LogP contribution in [0.3, 0.4) is 0 Å². The van der Waals surface area contributed by atoms with Crippen molar-refractivity contribution in [3.05, 3.63) is 58.6 Å². The minimum absolute atomic E-state index is 0.158. The Balaban J connectivity index is 1.94. The summed E-state index contributed by atoms with van der Waals surface area (Å²) in [5.74, 6) is 1.04. The Morgan fingerprint density at radius 3 is 2.71 bits per heavy atom. The van der Waals surface area contributed by atoms with Crippen LogP contribution in [0.5, 0.6) is 11.5 Å². The van der Waals surface area contributed by atoms with Gasteiger partial charge in [-0.2, -0.15) is 0 Å². The van der Waals surface area contributed by atoms with Crippen molar-refractivity contribution in [1.82, 2.24) is 10.6 Å². The molecule has 24 heavy (non-hydrogen) atoms. The van der Waals surface area contributed by atoms with E-state index in [0.717, 1.165) is 11.0 Å². The van der Waals surface area contributed by atoms with Gasteiger partial charge in [0.2, 0.25) is 0 Å². The number of hydrogen-bond donors (Lipinski definition) is 2. The van der Waals surface area contributed by atoms with Crippen LogP contribution in [0.15, 0.2) is 53.0 Å². The van der Waals surface area contributed by atoms with E-state index in [1.165, 1.54) is 0 Å². The predicted octanol–water partition coefficient (Wildman–Crippen LogP) is 3.21. The lowest BCUT2D eigenvalue weighted by Crippen LogP contribution is -2.33. The molecule has 0 aliphatic heterocycles. The molecular formula is C18H21BrN2O3. The smallest absolute Gasteiger partial charge is 0.255 e. The summed E-state index contributed by atoms with van der Waals surface area (Å²) in [6.07, 6.45) is 0. The minimum Gasteiger partial charge on any atom is -0.456 e. The molecule has 2 aromatic carbocycles. The van der Waals surface area contributed by atoms with Crippen LogP contribution in [0.2, 0.25) is 0 Å². The molecule has 0 atom stereocenters. The highest BCUT2D eigenvalue weighted by Gasteiger charge is 2.12. The fraction of sp³-hybridized carbons (Fsp3) is 0.278. The van der Waals surface area contributed by atoms with Crippen LogP contribution in [-0.2, 0) is 4.74 Å². The number of benzene rings is 2. The lowest BCUT2D eigenvalue weighted by molar-refractivity contribution is 0.0951. The van der Waals surface area contributed by atoms with Crippen molar-refractivity contribution in [2.24, 2.45) is 0 Å². The Bertz CT molecular complexity index is 664. The number of nitrogens with one attached hydrogen (secondary N) is 2. The molecule has 0 aliphatic carbocycles. The van der Waals surface area contributed by atoms with Gasteiger partial charge in [-0.3, -0.25) is 4.79 Å². The van der Waals surface area contributed by atoms with Gasteiger partial charge in [-0.25, -0.2) is 0 Å². The summed E-state index contributed by atoms with van der Waals surface area (Å²) in [4.78, 5) is 12.4. The van der Waals surface area contributed by atoms with E-state index in [-0.39, 0.29) is 5.91 Å². The number of rotatable bonds is 9. The van der Waals surface area contributed by atoms with Gasteiger partial charge < -0.3 is 20.1 Å². The Hall–Kier alpha value is -1.89. The monoisotopic (exact) mass is 392 g/mol. The number of hydrogen-bond acceptors (Lipinski definition) is 4. The number of carbonyl (C=O) groups excluding carboxylic acids is 1. The van der Waals surface area contributed by atoms with Crippen molar-refractivity contribution in [3.63, 3.8) is 0 Å². The molecule has 0 spiro atoms. The second-order valence-electron chi connectivity index (χ2n) is 5.05. The average Bonchev–Trinajstić information content (AvgIpc) is 2.58. The first-order valence-corrected chi connectivity index (χ1v) is 8.50. The highest BCUT2D eigenvalue weighted by molar-refractivity contribution is 9.10. The van der Waals surface area contributed by atoms with Crippen LogP contribution < -0.4 is 15.4 Å². The summed E-state index contributed by atoms with van der Waals surface area (Å²) in [6.45, 7) is 2.63. The molecule has 6 heteroatoms. The van der Waals surface area contributed by atoms with E-state index in [4.69, 9.17) is 9.47 Å². The number of para-hydroxylation sites is 1. The molecule has 1 amide bonds. The van der Waals surface area contributed by atoms with E-state index in [1.54, 1.807) is 19.2 Å². The first-order chi connectivity index (χ1) is 11.7. The van der Waals surface area contributed by atoms with Gasteiger partial charge in [-0.1, -0.05) is 34.1 Å². The lowest BCUT2D eigenvalue weighted by Gasteiger charge is -2.12. The maximum Gasteiger partial charge on any atom is 0.255 e. The van der Waals surface area contributed by atoms with Gasteiger partial charge >= 0.3 is 0 Å². The van der Waals surface area contributed by atoms with Gasteiger partial charge in [0.1, 0.15) is 11.5 Å². The van der Waals surface area contributed by atoms with Gasteiger partial charge in [0.15, 0.2) is 0 Å². The van der Waals surface area contributed by atoms with Gasteiger partial charge in [-0.15, -0.1) is 0 Å². The second kappa shape index (κ2) is 10.1. The first-order valence-electron chi connectivity index (χ1n) is 7.71. The molecule has 0 aromatic heterocycles. The van der Waals surface area contributed by atoms with E-state index in [2.05, 4.69) is 26.6 Å². The number of carbonyl (C=O) groups is 1. The summed E-state index contributed by atoms with van der Waals surface area (Å²) < 4.78 is 11.7. The molecule has 0 heterocycles. The minimum atomic E-state index is -0.158. The van der Waals surface area contributed by atoms with Crippen molar-refractivity contribution in [2.75, 3.05) is 33.4 Å². The zero-order valence-electron chi connectivity index (χ0n) is 13.5. The third kappa shape index (κ3) is 5.96. The molecule has 0 radical (unpaired) electrons. The summed E-state index contributed by atoms with van der Waals surface area (Å²) >= 11 is 3.41. The van der Waals surface area contributed by atoms with E-state index >= 15 is 0 Å². The normalized spacial score (nSPS) is 10.4. The second-order valence-corrected chi connectivity index (χ2v) is 5.97. The van der Waals surface area contributed by atoms with Gasteiger partial charge in [0.05, 0.1) is 12.2 Å². The Labute approximate surface area is 150 Å². The van der Waals surface area contributed by atoms with Crippen molar-refractivity contribution >= 4 is 21.8 Å². The van der Waals surface area contributed by atoms with Crippen LogP contribution >= 0.6 is 15.9 Å². The molecule has 2 rings (SSSR count). The molecule has 0 aliphatic rings. The summed E-state index contributed by atoms with van der Waals surface area (Å²) in [7, 11) is 1.66. The molecule has 5 nitrogen and oxygen atoms in total. The van der Waals surface area contributed by atoms with Crippen LogP contribution in [0.1, 0.15) is 10.4 Å². The molecular weight excluding hydrogens is 372 g/mol. The summed E-state index contributed by atoms with van der Waals surface area (Å²) in [6, 6.07) is 14.7. The van der Waals surface area contributed by atoms with Crippen LogP contribution in [0.25, 0.3) is 0 Å². The molecule has 0 fully saturated rings. The molecule has 2 N–H and O–H groups in total. The summed E-state index contributed by atoms with van der Waals surface area (Å²) in [5, 5.41) is 6.06. The van der Waals surface area contributed by atoms with E-state index in [1.807, 2.05) is 36.4 Å². The number of halogens is 1. The van der Waals surface area contributed by atoms with Crippen LogP contribution in [0, 0.1) is 0 Å². The van der Waals surface area contributed by atoms with Crippen LogP contribution in [0.4, 0.5) is 0 Å². The first kappa shape index (κ1) is 18.4. The molecule has 2 aromatic rings. The van der Waals surface area contributed by atoms with Crippen molar-refractivity contribution in [2.45, 2.75) is 0 Å². The van der Waals surface area contributed by atoms with Crippen molar-refractivity contribution < 1.29 is 14.3 Å². The van der Waals surface area contributed by atoms with E-state index in [0.29, 0.717) is 36.8 Å². The fourth-order valence-corrected chi connectivity index (χ4v) is 2.44. The quantitative estimate of drug-likeness (QED) is 0.643. The van der Waals surface area contributed by atoms with Gasteiger partial charge in [0.25, 0.3) is 5.91 Å². The van der Waals surface area contributed by atoms with Crippen molar-refractivity contribution in [3.8, 4) is 11.5 Å². The Morgan fingerprint density at radius 2 is 1.92 bits per heavy atom. The molecule has 0 unspecified atom stereocenters. The number of ether oxygens (including phenoxy) is 2. The predicted molar refractivity (Wildman–Crippen MR) is 97.7 cm³/mol. The molecule has 0 saturated carbocycles. The standard InChI is InChI=1S/C18H21BrN2O3/c1-23-12-11-20-9-10-21-18(22)16-7-2-3-8-17(16)24-15-6-4-5-14(19)13-15/h2-8,13,20H,9-12H2,1H3,(H,21,22). The van der Waals surface area contributed by atoms with E-state index < -0.39 is 0 Å². The fourth-order valence-electron chi connectivity index (χ4n) is 2.06. The maximum atomic E-state index is 12.4. The lowest BCUT2D eigenvalue weighted by atomic mass is 10.2. The number of amides is 1. The highest BCUT2D eigenvalue weighted by Crippen LogP contribution is 2.27. The van der Waals surface area contributed by atoms with Gasteiger partial charge in [-0.05, 0) is 30.3 Å². The Morgan fingerprint density at radius 1 is 1.08 bits per heavy atom. The van der Waals surface area contributed by atoms with Crippen molar-refractivity contribution in [1.29, 1.82) is 0 Å². The molecule has 0 bridgehead atoms. The maximum absolute atomic E-state index is 12.4. The summed E-state index contributed by atoms with van der Waals surface area (Å²) in [5.41, 5.74) is 0.509. The van der Waals surface area contributed by atoms with Crippen LogP contribution in [-0.4, -0.2) is 39.3 Å². The topological polar surface area (TPSA) is 59.6 Å². The van der Waals surface area contributed by atoms with E-state index in [9.17, 15) is 4.79 Å². The SMILES string of the molecule is COCCNCCNC(=O)c1ccccc1Oc1cccc(Br)c1. The molecule has 0 saturated heterocycles. The third-order valence-electron chi connectivity index (χ3n) is 3.23. The largest absolute Gasteiger partial charge is 0.456 e.